The van der Waals surface area contributed by atoms with E-state index in [2.05, 4.69) is 10.2 Å². The van der Waals surface area contributed by atoms with Crippen LogP contribution in [0.5, 0.6) is 5.75 Å². The summed E-state index contributed by atoms with van der Waals surface area (Å²) in [6, 6.07) is 7.10. The van der Waals surface area contributed by atoms with Gasteiger partial charge in [0.2, 0.25) is 5.89 Å². The van der Waals surface area contributed by atoms with Gasteiger partial charge in [-0.3, -0.25) is 4.79 Å². The molecule has 2 amide bonds. The van der Waals surface area contributed by atoms with Gasteiger partial charge < -0.3 is 23.7 Å². The van der Waals surface area contributed by atoms with E-state index >= 15 is 0 Å². The third-order valence-corrected chi connectivity index (χ3v) is 4.04. The predicted molar refractivity (Wildman–Crippen MR) is 90.8 cm³/mol. The maximum Gasteiger partial charge on any atom is 0.409 e. The molecule has 9 heteroatoms. The Labute approximate surface area is 150 Å². The Morgan fingerprint density at radius 1 is 1.08 bits per heavy atom. The van der Waals surface area contributed by atoms with E-state index < -0.39 is 0 Å². The first-order chi connectivity index (χ1) is 12.6. The Hall–Kier alpha value is -3.10. The summed E-state index contributed by atoms with van der Waals surface area (Å²) in [5.41, 5.74) is 0.699. The number of rotatable bonds is 4. The number of carbonyl (C=O) groups excluding carboxylic acids is 2. The number of hydrogen-bond acceptors (Lipinski definition) is 7. The first kappa shape index (κ1) is 17.7. The van der Waals surface area contributed by atoms with E-state index in [0.717, 1.165) is 0 Å². The summed E-state index contributed by atoms with van der Waals surface area (Å²) in [5, 5.41) is 7.79. The SMILES string of the molecule is CCOC(=O)N1CCN(C(=O)c2nnc(-c3ccc(OC)cc3)o2)CC1. The van der Waals surface area contributed by atoms with Gasteiger partial charge in [-0.2, -0.15) is 0 Å². The Bertz CT molecular complexity index is 766. The van der Waals surface area contributed by atoms with E-state index in [-0.39, 0.29) is 23.8 Å². The fraction of sp³-hybridized carbons (Fsp3) is 0.412. The average molecular weight is 360 g/mol. The lowest BCUT2D eigenvalue weighted by atomic mass is 10.2. The van der Waals surface area contributed by atoms with Gasteiger partial charge in [0.15, 0.2) is 0 Å². The fourth-order valence-corrected chi connectivity index (χ4v) is 2.60. The molecule has 0 unspecified atom stereocenters. The highest BCUT2D eigenvalue weighted by molar-refractivity contribution is 5.90. The van der Waals surface area contributed by atoms with E-state index in [0.29, 0.717) is 44.1 Å². The van der Waals surface area contributed by atoms with Crippen molar-refractivity contribution < 1.29 is 23.5 Å². The van der Waals surface area contributed by atoms with E-state index in [1.54, 1.807) is 48.1 Å². The minimum absolute atomic E-state index is 0.0691. The van der Waals surface area contributed by atoms with Crippen LogP contribution < -0.4 is 4.74 Å². The molecule has 2 heterocycles. The summed E-state index contributed by atoms with van der Waals surface area (Å²) in [7, 11) is 1.58. The van der Waals surface area contributed by atoms with Gasteiger partial charge in [0.1, 0.15) is 5.75 Å². The normalized spacial score (nSPS) is 14.2. The molecule has 0 aliphatic carbocycles. The van der Waals surface area contributed by atoms with Gasteiger partial charge in [-0.25, -0.2) is 4.79 Å². The first-order valence-electron chi connectivity index (χ1n) is 8.31. The quantitative estimate of drug-likeness (QED) is 0.818. The number of carbonyl (C=O) groups is 2. The van der Waals surface area contributed by atoms with Gasteiger partial charge in [0, 0.05) is 31.7 Å². The molecule has 0 saturated carbocycles. The van der Waals surface area contributed by atoms with Crippen LogP contribution in [-0.4, -0.2) is 71.9 Å². The maximum absolute atomic E-state index is 12.5. The molecular formula is C17H20N4O5. The Balaban J connectivity index is 1.62. The monoisotopic (exact) mass is 360 g/mol. The van der Waals surface area contributed by atoms with Gasteiger partial charge in [-0.05, 0) is 31.2 Å². The molecule has 1 fully saturated rings. The molecule has 1 aromatic carbocycles. The number of methoxy groups -OCH3 is 1. The Morgan fingerprint density at radius 3 is 2.35 bits per heavy atom. The lowest BCUT2D eigenvalue weighted by molar-refractivity contribution is 0.0540. The van der Waals surface area contributed by atoms with Crippen LogP contribution in [0.1, 0.15) is 17.6 Å². The van der Waals surface area contributed by atoms with Crippen molar-refractivity contribution in [2.45, 2.75) is 6.92 Å². The van der Waals surface area contributed by atoms with Crippen LogP contribution in [-0.2, 0) is 4.74 Å². The highest BCUT2D eigenvalue weighted by Gasteiger charge is 2.28. The zero-order valence-electron chi connectivity index (χ0n) is 14.7. The van der Waals surface area contributed by atoms with Crippen molar-refractivity contribution >= 4 is 12.0 Å². The van der Waals surface area contributed by atoms with Crippen molar-refractivity contribution in [1.82, 2.24) is 20.0 Å². The van der Waals surface area contributed by atoms with E-state index in [4.69, 9.17) is 13.9 Å². The summed E-state index contributed by atoms with van der Waals surface area (Å²) in [6.07, 6.45) is -0.362. The zero-order valence-corrected chi connectivity index (χ0v) is 14.7. The second-order valence-electron chi connectivity index (χ2n) is 5.62. The molecule has 0 atom stereocenters. The molecule has 2 aromatic rings. The van der Waals surface area contributed by atoms with Crippen LogP contribution in [0.3, 0.4) is 0 Å². The number of benzene rings is 1. The summed E-state index contributed by atoms with van der Waals surface area (Å²) in [4.78, 5) is 27.4. The van der Waals surface area contributed by atoms with Crippen LogP contribution in [0.2, 0.25) is 0 Å². The predicted octanol–water partition coefficient (Wildman–Crippen LogP) is 1.66. The summed E-state index contributed by atoms with van der Waals surface area (Å²) in [6.45, 7) is 3.67. The summed E-state index contributed by atoms with van der Waals surface area (Å²) in [5.74, 6) is 0.561. The standard InChI is InChI=1S/C17H20N4O5/c1-3-25-17(23)21-10-8-20(9-11-21)16(22)15-19-18-14(26-15)12-4-6-13(24-2)7-5-12/h4-7H,3,8-11H2,1-2H3. The summed E-state index contributed by atoms with van der Waals surface area (Å²) < 4.78 is 15.6. The number of piperazine rings is 1. The number of aromatic nitrogens is 2. The molecule has 9 nitrogen and oxygen atoms in total. The van der Waals surface area contributed by atoms with Crippen molar-refractivity contribution in [2.24, 2.45) is 0 Å². The van der Waals surface area contributed by atoms with Crippen molar-refractivity contribution in [3.63, 3.8) is 0 Å². The van der Waals surface area contributed by atoms with Crippen LogP contribution in [0.15, 0.2) is 28.7 Å². The largest absolute Gasteiger partial charge is 0.497 e. The molecule has 0 N–H and O–H groups in total. The van der Waals surface area contributed by atoms with Crippen LogP contribution >= 0.6 is 0 Å². The second-order valence-corrected chi connectivity index (χ2v) is 5.62. The molecular weight excluding hydrogens is 340 g/mol. The van der Waals surface area contributed by atoms with Crippen LogP contribution in [0, 0.1) is 0 Å². The lowest BCUT2D eigenvalue weighted by Gasteiger charge is -2.33. The zero-order chi connectivity index (χ0) is 18.5. The van der Waals surface area contributed by atoms with Crippen LogP contribution in [0.4, 0.5) is 4.79 Å². The minimum atomic E-state index is -0.362. The number of amides is 2. The van der Waals surface area contributed by atoms with Crippen molar-refractivity contribution in [2.75, 3.05) is 39.9 Å². The highest BCUT2D eigenvalue weighted by Crippen LogP contribution is 2.21. The van der Waals surface area contributed by atoms with Gasteiger partial charge in [0.25, 0.3) is 0 Å². The molecule has 1 saturated heterocycles. The van der Waals surface area contributed by atoms with Crippen molar-refractivity contribution in [3.05, 3.63) is 30.2 Å². The van der Waals surface area contributed by atoms with E-state index in [1.807, 2.05) is 0 Å². The minimum Gasteiger partial charge on any atom is -0.497 e. The van der Waals surface area contributed by atoms with Gasteiger partial charge in [-0.1, -0.05) is 0 Å². The molecule has 0 bridgehead atoms. The lowest BCUT2D eigenvalue weighted by Crippen LogP contribution is -2.50. The van der Waals surface area contributed by atoms with Crippen LogP contribution in [0.25, 0.3) is 11.5 Å². The molecule has 138 valence electrons. The van der Waals surface area contributed by atoms with Gasteiger partial charge >= 0.3 is 17.9 Å². The van der Waals surface area contributed by atoms with Crippen molar-refractivity contribution in [1.29, 1.82) is 0 Å². The summed E-state index contributed by atoms with van der Waals surface area (Å²) >= 11 is 0. The molecule has 0 radical (unpaired) electrons. The van der Waals surface area contributed by atoms with Gasteiger partial charge in [0.05, 0.1) is 13.7 Å². The number of nitrogens with zero attached hydrogens (tertiary/aromatic N) is 4. The fourth-order valence-electron chi connectivity index (χ4n) is 2.60. The number of ether oxygens (including phenoxy) is 2. The van der Waals surface area contributed by atoms with E-state index in [1.165, 1.54) is 0 Å². The average Bonchev–Trinajstić information content (AvgIpc) is 3.18. The molecule has 1 aromatic heterocycles. The van der Waals surface area contributed by atoms with E-state index in [9.17, 15) is 9.59 Å². The van der Waals surface area contributed by atoms with Crippen molar-refractivity contribution in [3.8, 4) is 17.2 Å². The molecule has 3 rings (SSSR count). The van der Waals surface area contributed by atoms with Gasteiger partial charge in [-0.15, -0.1) is 10.2 Å². The molecule has 0 spiro atoms. The third-order valence-electron chi connectivity index (χ3n) is 4.04. The molecule has 1 aliphatic rings. The Morgan fingerprint density at radius 2 is 1.73 bits per heavy atom. The third kappa shape index (κ3) is 3.76. The molecule has 1 aliphatic heterocycles. The Kier molecular flexibility index (Phi) is 5.35. The maximum atomic E-state index is 12.5. The topological polar surface area (TPSA) is 98.0 Å². The second kappa shape index (κ2) is 7.85. The highest BCUT2D eigenvalue weighted by atomic mass is 16.6. The first-order valence-corrected chi connectivity index (χ1v) is 8.31. The smallest absolute Gasteiger partial charge is 0.409 e. The number of hydrogen-bond donors (Lipinski definition) is 0. The molecule has 26 heavy (non-hydrogen) atoms.